The maximum absolute atomic E-state index is 12.1. The molecule has 22 heavy (non-hydrogen) atoms. The van der Waals surface area contributed by atoms with E-state index in [-0.39, 0.29) is 24.3 Å². The molecule has 0 aliphatic heterocycles. The van der Waals surface area contributed by atoms with E-state index >= 15 is 0 Å². The van der Waals surface area contributed by atoms with Gasteiger partial charge in [0.25, 0.3) is 0 Å². The van der Waals surface area contributed by atoms with Gasteiger partial charge < -0.3 is 10.4 Å². The molecule has 0 spiro atoms. The predicted octanol–water partition coefficient (Wildman–Crippen LogP) is 3.38. The molecule has 1 aromatic rings. The number of hydrogen-bond acceptors (Lipinski definition) is 2. The molecule has 2 atom stereocenters. The molecule has 0 bridgehead atoms. The lowest BCUT2D eigenvalue weighted by atomic mass is 9.96. The molecule has 1 rings (SSSR count). The smallest absolute Gasteiger partial charge is 0.308 e. The number of carboxylic acids is 1. The van der Waals surface area contributed by atoms with Gasteiger partial charge >= 0.3 is 5.97 Å². The summed E-state index contributed by atoms with van der Waals surface area (Å²) in [5, 5.41) is 12.6. The standard InChI is InChI=1S/C17H24ClNO3/c1-11(2)8-14(17(21)22)10-19-16(20)12(3)9-13-6-4-5-7-15(13)18/h4-7,11-12,14H,8-10H2,1-3H3,(H,19,20)(H,21,22). The molecule has 4 nitrogen and oxygen atoms in total. The van der Waals surface area contributed by atoms with Crippen molar-refractivity contribution in [2.45, 2.75) is 33.6 Å². The average molecular weight is 326 g/mol. The molecule has 1 aromatic carbocycles. The number of aliphatic carboxylic acids is 1. The normalized spacial score (nSPS) is 13.7. The van der Waals surface area contributed by atoms with Gasteiger partial charge in [-0.1, -0.05) is 50.6 Å². The van der Waals surface area contributed by atoms with Gasteiger partial charge in [-0.3, -0.25) is 9.59 Å². The van der Waals surface area contributed by atoms with E-state index in [1.165, 1.54) is 0 Å². The zero-order valence-corrected chi connectivity index (χ0v) is 14.1. The van der Waals surface area contributed by atoms with Gasteiger partial charge in [-0.2, -0.15) is 0 Å². The third-order valence-electron chi connectivity index (χ3n) is 3.56. The summed E-state index contributed by atoms with van der Waals surface area (Å²) in [6.45, 7) is 5.92. The fourth-order valence-electron chi connectivity index (χ4n) is 2.33. The Balaban J connectivity index is 2.53. The fourth-order valence-corrected chi connectivity index (χ4v) is 2.54. The molecule has 0 aliphatic carbocycles. The Labute approximate surface area is 136 Å². The first-order chi connectivity index (χ1) is 10.3. The number of benzene rings is 1. The van der Waals surface area contributed by atoms with Crippen molar-refractivity contribution in [1.29, 1.82) is 0 Å². The minimum Gasteiger partial charge on any atom is -0.481 e. The van der Waals surface area contributed by atoms with Crippen molar-refractivity contribution in [1.82, 2.24) is 5.32 Å². The van der Waals surface area contributed by atoms with Crippen molar-refractivity contribution in [2.75, 3.05) is 6.54 Å². The quantitative estimate of drug-likeness (QED) is 0.770. The van der Waals surface area contributed by atoms with Crippen LogP contribution in [-0.2, 0) is 16.0 Å². The number of rotatable bonds is 8. The molecule has 0 saturated carbocycles. The predicted molar refractivity (Wildman–Crippen MR) is 87.9 cm³/mol. The SMILES string of the molecule is CC(C)CC(CNC(=O)C(C)Cc1ccccc1Cl)C(=O)O. The first kappa shape index (κ1) is 18.5. The molecule has 5 heteroatoms. The average Bonchev–Trinajstić information content (AvgIpc) is 2.44. The summed E-state index contributed by atoms with van der Waals surface area (Å²) in [4.78, 5) is 23.3. The van der Waals surface area contributed by atoms with Crippen molar-refractivity contribution >= 4 is 23.5 Å². The van der Waals surface area contributed by atoms with Crippen LogP contribution in [0.4, 0.5) is 0 Å². The fraction of sp³-hybridized carbons (Fsp3) is 0.529. The highest BCUT2D eigenvalue weighted by molar-refractivity contribution is 6.31. The Morgan fingerprint density at radius 2 is 1.86 bits per heavy atom. The highest BCUT2D eigenvalue weighted by Gasteiger charge is 2.21. The molecule has 0 heterocycles. The van der Waals surface area contributed by atoms with E-state index < -0.39 is 11.9 Å². The van der Waals surface area contributed by atoms with Crippen molar-refractivity contribution < 1.29 is 14.7 Å². The van der Waals surface area contributed by atoms with Gasteiger partial charge in [0, 0.05) is 17.5 Å². The maximum atomic E-state index is 12.1. The Hall–Kier alpha value is -1.55. The van der Waals surface area contributed by atoms with Gasteiger partial charge in [0.2, 0.25) is 5.91 Å². The molecule has 0 radical (unpaired) electrons. The van der Waals surface area contributed by atoms with Gasteiger partial charge in [0.05, 0.1) is 5.92 Å². The van der Waals surface area contributed by atoms with Crippen LogP contribution >= 0.6 is 11.6 Å². The number of nitrogens with one attached hydrogen (secondary N) is 1. The van der Waals surface area contributed by atoms with Gasteiger partial charge in [-0.25, -0.2) is 0 Å². The van der Waals surface area contributed by atoms with Gasteiger partial charge in [-0.15, -0.1) is 0 Å². The van der Waals surface area contributed by atoms with Crippen LogP contribution in [0.2, 0.25) is 5.02 Å². The van der Waals surface area contributed by atoms with Crippen LogP contribution in [-0.4, -0.2) is 23.5 Å². The Morgan fingerprint density at radius 1 is 1.23 bits per heavy atom. The van der Waals surface area contributed by atoms with E-state index in [0.717, 1.165) is 5.56 Å². The second-order valence-electron chi connectivity index (χ2n) is 6.11. The molecule has 0 aliphatic rings. The molecule has 122 valence electrons. The van der Waals surface area contributed by atoms with Crippen LogP contribution in [0.15, 0.2) is 24.3 Å². The lowest BCUT2D eigenvalue weighted by Gasteiger charge is -2.18. The first-order valence-electron chi connectivity index (χ1n) is 7.55. The summed E-state index contributed by atoms with van der Waals surface area (Å²) < 4.78 is 0. The van der Waals surface area contributed by atoms with Gasteiger partial charge in [-0.05, 0) is 30.4 Å². The summed E-state index contributed by atoms with van der Waals surface area (Å²) in [7, 11) is 0. The van der Waals surface area contributed by atoms with Crippen LogP contribution in [0.3, 0.4) is 0 Å². The number of carbonyl (C=O) groups is 2. The lowest BCUT2D eigenvalue weighted by molar-refractivity contribution is -0.142. The lowest BCUT2D eigenvalue weighted by Crippen LogP contribution is -2.37. The second-order valence-corrected chi connectivity index (χ2v) is 6.51. The minimum atomic E-state index is -0.868. The Bertz CT molecular complexity index is 516. The molecule has 2 unspecified atom stereocenters. The highest BCUT2D eigenvalue weighted by atomic mass is 35.5. The van der Waals surface area contributed by atoms with Crippen molar-refractivity contribution in [3.63, 3.8) is 0 Å². The largest absolute Gasteiger partial charge is 0.481 e. The Kier molecular flexibility index (Phi) is 7.39. The molecule has 0 aromatic heterocycles. The Morgan fingerprint density at radius 3 is 2.41 bits per heavy atom. The molecule has 2 N–H and O–H groups in total. The van der Waals surface area contributed by atoms with Crippen LogP contribution in [0.1, 0.15) is 32.8 Å². The summed E-state index contributed by atoms with van der Waals surface area (Å²) >= 11 is 6.09. The monoisotopic (exact) mass is 325 g/mol. The van der Waals surface area contributed by atoms with E-state index in [0.29, 0.717) is 17.9 Å². The van der Waals surface area contributed by atoms with Crippen LogP contribution in [0.25, 0.3) is 0 Å². The first-order valence-corrected chi connectivity index (χ1v) is 7.93. The number of hydrogen-bond donors (Lipinski definition) is 2. The van der Waals surface area contributed by atoms with Crippen molar-refractivity contribution in [3.8, 4) is 0 Å². The number of amides is 1. The third-order valence-corrected chi connectivity index (χ3v) is 3.93. The van der Waals surface area contributed by atoms with Crippen LogP contribution in [0, 0.1) is 17.8 Å². The van der Waals surface area contributed by atoms with E-state index in [4.69, 9.17) is 11.6 Å². The molecular weight excluding hydrogens is 302 g/mol. The van der Waals surface area contributed by atoms with Crippen LogP contribution < -0.4 is 5.32 Å². The van der Waals surface area contributed by atoms with Crippen molar-refractivity contribution in [2.24, 2.45) is 17.8 Å². The zero-order chi connectivity index (χ0) is 16.7. The molecular formula is C17H24ClNO3. The molecule has 0 saturated heterocycles. The summed E-state index contributed by atoms with van der Waals surface area (Å²) in [6, 6.07) is 7.42. The van der Waals surface area contributed by atoms with E-state index in [2.05, 4.69) is 5.32 Å². The summed E-state index contributed by atoms with van der Waals surface area (Å²) in [5.41, 5.74) is 0.920. The van der Waals surface area contributed by atoms with Crippen LogP contribution in [0.5, 0.6) is 0 Å². The highest BCUT2D eigenvalue weighted by Crippen LogP contribution is 2.19. The maximum Gasteiger partial charge on any atom is 0.308 e. The van der Waals surface area contributed by atoms with E-state index in [1.807, 2.05) is 39.0 Å². The van der Waals surface area contributed by atoms with E-state index in [9.17, 15) is 14.7 Å². The summed E-state index contributed by atoms with van der Waals surface area (Å²) in [5.74, 6) is -1.54. The van der Waals surface area contributed by atoms with Crippen molar-refractivity contribution in [3.05, 3.63) is 34.9 Å². The second kappa shape index (κ2) is 8.79. The number of carboxylic acid groups (broad SMARTS) is 1. The summed E-state index contributed by atoms with van der Waals surface area (Å²) in [6.07, 6.45) is 1.09. The third kappa shape index (κ3) is 6.06. The number of halogens is 1. The number of carbonyl (C=O) groups excluding carboxylic acids is 1. The van der Waals surface area contributed by atoms with Gasteiger partial charge in [0.1, 0.15) is 0 Å². The minimum absolute atomic E-state index is 0.144. The van der Waals surface area contributed by atoms with E-state index in [1.54, 1.807) is 6.07 Å². The molecule has 0 fully saturated rings. The zero-order valence-electron chi connectivity index (χ0n) is 13.3. The van der Waals surface area contributed by atoms with Gasteiger partial charge in [0.15, 0.2) is 0 Å². The molecule has 1 amide bonds. The topological polar surface area (TPSA) is 66.4 Å².